The molecule has 8 nitrogen and oxygen atoms in total. The number of hydrogen-bond acceptors (Lipinski definition) is 6. The first-order chi connectivity index (χ1) is 18.5. The van der Waals surface area contributed by atoms with E-state index < -0.39 is 12.1 Å². The molecule has 38 heavy (non-hydrogen) atoms. The molecule has 8 heteroatoms. The molecule has 1 atom stereocenters. The summed E-state index contributed by atoms with van der Waals surface area (Å²) >= 11 is 0. The van der Waals surface area contributed by atoms with Crippen LogP contribution >= 0.6 is 0 Å². The minimum absolute atomic E-state index is 0.0154. The molecule has 4 rings (SSSR count). The van der Waals surface area contributed by atoms with Crippen molar-refractivity contribution in [3.63, 3.8) is 0 Å². The van der Waals surface area contributed by atoms with Gasteiger partial charge in [0.15, 0.2) is 0 Å². The second-order valence-electron chi connectivity index (χ2n) is 8.63. The van der Waals surface area contributed by atoms with E-state index >= 15 is 0 Å². The molecule has 0 spiro atoms. The van der Waals surface area contributed by atoms with Crippen molar-refractivity contribution in [3.8, 4) is 6.07 Å². The summed E-state index contributed by atoms with van der Waals surface area (Å²) < 4.78 is 5.01. The van der Waals surface area contributed by atoms with Crippen LogP contribution in [0.5, 0.6) is 0 Å². The van der Waals surface area contributed by atoms with Gasteiger partial charge in [-0.25, -0.2) is 9.79 Å². The second kappa shape index (κ2) is 12.3. The Labute approximate surface area is 221 Å². The summed E-state index contributed by atoms with van der Waals surface area (Å²) in [7, 11) is 0. The molecule has 1 fully saturated rings. The van der Waals surface area contributed by atoms with Crippen molar-refractivity contribution >= 4 is 29.7 Å². The first-order valence-corrected chi connectivity index (χ1v) is 12.0. The summed E-state index contributed by atoms with van der Waals surface area (Å²) in [5, 5.41) is 9.76. The lowest BCUT2D eigenvalue weighted by Crippen LogP contribution is -2.58. The first-order valence-electron chi connectivity index (χ1n) is 12.0. The van der Waals surface area contributed by atoms with Crippen LogP contribution < -0.4 is 0 Å². The van der Waals surface area contributed by atoms with Crippen LogP contribution in [0.3, 0.4) is 0 Å². The van der Waals surface area contributed by atoms with Gasteiger partial charge in [0.05, 0.1) is 23.5 Å². The molecule has 2 amide bonds. The highest BCUT2D eigenvalue weighted by molar-refractivity contribution is 6.14. The Balaban J connectivity index is 1.65. The zero-order valence-electron chi connectivity index (χ0n) is 20.7. The van der Waals surface area contributed by atoms with Crippen LogP contribution in [0, 0.1) is 11.3 Å². The molecule has 0 bridgehead atoms. The molecule has 1 unspecified atom stereocenters. The Bertz CT molecular complexity index is 1360. The maximum atomic E-state index is 12.9. The highest BCUT2D eigenvalue weighted by atomic mass is 16.6. The minimum Gasteiger partial charge on any atom is -0.445 e. The number of carbonyl (C=O) groups is 3. The van der Waals surface area contributed by atoms with E-state index in [-0.39, 0.29) is 32.1 Å². The van der Waals surface area contributed by atoms with Crippen LogP contribution in [0.15, 0.2) is 96.5 Å². The predicted octanol–water partition coefficient (Wildman–Crippen LogP) is 4.26. The molecule has 1 aliphatic rings. The van der Waals surface area contributed by atoms with Crippen LogP contribution in [0.4, 0.5) is 10.5 Å². The number of nitrogens with zero attached hydrogens (tertiary/aromatic N) is 4. The van der Waals surface area contributed by atoms with E-state index in [4.69, 9.17) is 9.73 Å². The minimum atomic E-state index is -0.834. The van der Waals surface area contributed by atoms with E-state index in [1.165, 1.54) is 15.9 Å². The van der Waals surface area contributed by atoms with Gasteiger partial charge in [0.1, 0.15) is 31.5 Å². The molecule has 1 saturated heterocycles. The average molecular weight is 507 g/mol. The van der Waals surface area contributed by atoms with E-state index in [0.29, 0.717) is 28.8 Å². The normalized spacial score (nSPS) is 14.8. The zero-order valence-corrected chi connectivity index (χ0v) is 20.7. The van der Waals surface area contributed by atoms with Crippen molar-refractivity contribution in [2.75, 3.05) is 19.7 Å². The number of rotatable bonds is 8. The molecule has 0 saturated carbocycles. The SMILES string of the molecule is C=CCOC(=O)N1CC(=O)N(Cc2ccc(C#N)c(N=C(c3ccccc3)c3ccccc3)c2)C(C=O)C1. The third kappa shape index (κ3) is 6.02. The highest BCUT2D eigenvalue weighted by Gasteiger charge is 2.35. The number of aliphatic imine (C=N–C) groups is 1. The lowest BCUT2D eigenvalue weighted by molar-refractivity contribution is -0.142. The Morgan fingerprint density at radius 2 is 1.74 bits per heavy atom. The molecule has 0 radical (unpaired) electrons. The molecule has 0 aromatic heterocycles. The van der Waals surface area contributed by atoms with Gasteiger partial charge < -0.3 is 14.4 Å². The molecular formula is C30H26N4O4. The fraction of sp³-hybridized carbons (Fsp3) is 0.167. The highest BCUT2D eigenvalue weighted by Crippen LogP contribution is 2.25. The van der Waals surface area contributed by atoms with Gasteiger partial charge in [-0.15, -0.1) is 0 Å². The fourth-order valence-electron chi connectivity index (χ4n) is 4.18. The predicted molar refractivity (Wildman–Crippen MR) is 143 cm³/mol. The van der Waals surface area contributed by atoms with Gasteiger partial charge in [-0.3, -0.25) is 9.69 Å². The van der Waals surface area contributed by atoms with E-state index in [2.05, 4.69) is 12.6 Å². The molecular weight excluding hydrogens is 480 g/mol. The van der Waals surface area contributed by atoms with Crippen molar-refractivity contribution < 1.29 is 19.1 Å². The Morgan fingerprint density at radius 3 is 2.32 bits per heavy atom. The van der Waals surface area contributed by atoms with Gasteiger partial charge in [0.25, 0.3) is 0 Å². The maximum absolute atomic E-state index is 12.9. The number of ether oxygens (including phenoxy) is 1. The van der Waals surface area contributed by atoms with Crippen LogP contribution in [-0.4, -0.2) is 59.5 Å². The summed E-state index contributed by atoms with van der Waals surface area (Å²) in [6.07, 6.45) is 1.41. The summed E-state index contributed by atoms with van der Waals surface area (Å²) in [5.41, 5.74) is 4.02. The fourth-order valence-corrected chi connectivity index (χ4v) is 4.18. The molecule has 0 N–H and O–H groups in total. The molecule has 1 aliphatic heterocycles. The van der Waals surface area contributed by atoms with Crippen molar-refractivity contribution in [2.24, 2.45) is 4.99 Å². The standard InChI is InChI=1S/C30H26N4O4/c1-2-15-38-30(37)33-19-26(21-35)34(28(36)20-33)18-22-13-14-25(17-31)27(16-22)32-29(23-9-5-3-6-10-23)24-11-7-4-8-12-24/h2-14,16,21,26H,1,15,18-20H2. The quantitative estimate of drug-likeness (QED) is 0.258. The van der Waals surface area contributed by atoms with E-state index in [9.17, 15) is 19.6 Å². The van der Waals surface area contributed by atoms with Gasteiger partial charge in [0.2, 0.25) is 5.91 Å². The zero-order chi connectivity index (χ0) is 26.9. The van der Waals surface area contributed by atoms with Crippen molar-refractivity contribution in [1.29, 1.82) is 5.26 Å². The summed E-state index contributed by atoms with van der Waals surface area (Å²) in [6.45, 7) is 3.46. The van der Waals surface area contributed by atoms with Crippen molar-refractivity contribution in [2.45, 2.75) is 12.6 Å². The van der Waals surface area contributed by atoms with Gasteiger partial charge in [-0.1, -0.05) is 79.4 Å². The Morgan fingerprint density at radius 1 is 1.08 bits per heavy atom. The lowest BCUT2D eigenvalue weighted by atomic mass is 10.0. The smallest absolute Gasteiger partial charge is 0.410 e. The third-order valence-corrected chi connectivity index (χ3v) is 6.06. The summed E-state index contributed by atoms with van der Waals surface area (Å²) in [6, 6.07) is 25.9. The lowest BCUT2D eigenvalue weighted by Gasteiger charge is -2.38. The maximum Gasteiger partial charge on any atom is 0.410 e. The van der Waals surface area contributed by atoms with Crippen LogP contribution in [0.1, 0.15) is 22.3 Å². The van der Waals surface area contributed by atoms with E-state index in [1.54, 1.807) is 18.2 Å². The number of aldehydes is 1. The molecule has 0 aliphatic carbocycles. The number of amides is 2. The third-order valence-electron chi connectivity index (χ3n) is 6.06. The first kappa shape index (κ1) is 26.0. The number of piperazine rings is 1. The topological polar surface area (TPSA) is 103 Å². The van der Waals surface area contributed by atoms with E-state index in [0.717, 1.165) is 11.1 Å². The Kier molecular flexibility index (Phi) is 8.42. The Hall–Kier alpha value is -5.03. The van der Waals surface area contributed by atoms with Crippen LogP contribution in [0.2, 0.25) is 0 Å². The largest absolute Gasteiger partial charge is 0.445 e. The summed E-state index contributed by atoms with van der Waals surface area (Å²) in [5.74, 6) is -0.382. The van der Waals surface area contributed by atoms with Crippen molar-refractivity contribution in [3.05, 3.63) is 114 Å². The molecule has 190 valence electrons. The summed E-state index contributed by atoms with van der Waals surface area (Å²) in [4.78, 5) is 44.5. The molecule has 1 heterocycles. The number of hydrogen-bond donors (Lipinski definition) is 0. The number of carbonyl (C=O) groups excluding carboxylic acids is 3. The average Bonchev–Trinajstić information content (AvgIpc) is 2.96. The molecule has 3 aromatic carbocycles. The van der Waals surface area contributed by atoms with Crippen LogP contribution in [0.25, 0.3) is 0 Å². The number of nitriles is 1. The van der Waals surface area contributed by atoms with Crippen LogP contribution in [-0.2, 0) is 20.9 Å². The van der Waals surface area contributed by atoms with E-state index in [1.807, 2.05) is 60.7 Å². The van der Waals surface area contributed by atoms with Gasteiger partial charge in [0, 0.05) is 17.7 Å². The van der Waals surface area contributed by atoms with Crippen molar-refractivity contribution in [1.82, 2.24) is 9.80 Å². The van der Waals surface area contributed by atoms with Gasteiger partial charge in [-0.05, 0) is 17.7 Å². The number of benzene rings is 3. The second-order valence-corrected chi connectivity index (χ2v) is 8.63. The van der Waals surface area contributed by atoms with Gasteiger partial charge >= 0.3 is 6.09 Å². The van der Waals surface area contributed by atoms with Gasteiger partial charge in [-0.2, -0.15) is 5.26 Å². The molecule has 3 aromatic rings. The monoisotopic (exact) mass is 506 g/mol.